The van der Waals surface area contributed by atoms with E-state index in [4.69, 9.17) is 5.26 Å². The number of aromatic hydroxyl groups is 1. The molecule has 3 nitrogen and oxygen atoms in total. The number of benzene rings is 2. The van der Waals surface area contributed by atoms with Crippen LogP contribution in [0.4, 0.5) is 5.69 Å². The van der Waals surface area contributed by atoms with Gasteiger partial charge in [-0.25, -0.2) is 0 Å². The topological polar surface area (TPSA) is 56.4 Å². The number of phenolic OH excluding ortho intramolecular Hbond substituents is 1. The molecule has 0 aliphatic heterocycles. The van der Waals surface area contributed by atoms with Gasteiger partial charge in [0.15, 0.2) is 0 Å². The van der Waals surface area contributed by atoms with E-state index in [1.807, 2.05) is 18.2 Å². The maximum absolute atomic E-state index is 10.4. The molecule has 0 amide bonds. The van der Waals surface area contributed by atoms with Crippen LogP contribution in [0.2, 0.25) is 0 Å². The fraction of sp³-hybridized carbons (Fsp3) is 0.222. The van der Waals surface area contributed by atoms with Crippen LogP contribution in [-0.2, 0) is 5.41 Å². The van der Waals surface area contributed by atoms with Crippen molar-refractivity contribution in [1.82, 2.24) is 0 Å². The van der Waals surface area contributed by atoms with Crippen molar-refractivity contribution >= 4 is 11.9 Å². The number of hydrogen-bond acceptors (Lipinski definition) is 3. The van der Waals surface area contributed by atoms with E-state index in [0.29, 0.717) is 11.1 Å². The van der Waals surface area contributed by atoms with E-state index >= 15 is 0 Å². The first-order valence-corrected chi connectivity index (χ1v) is 6.78. The van der Waals surface area contributed by atoms with Gasteiger partial charge in [0.25, 0.3) is 0 Å². The summed E-state index contributed by atoms with van der Waals surface area (Å²) in [6.45, 7) is 6.18. The number of phenols is 1. The van der Waals surface area contributed by atoms with Crippen molar-refractivity contribution in [3.63, 3.8) is 0 Å². The Hall–Kier alpha value is -2.60. The average molecular weight is 278 g/mol. The van der Waals surface area contributed by atoms with Gasteiger partial charge in [0.05, 0.1) is 17.3 Å². The van der Waals surface area contributed by atoms with Crippen molar-refractivity contribution in [3.05, 3.63) is 59.2 Å². The summed E-state index contributed by atoms with van der Waals surface area (Å²) in [7, 11) is 0. The summed E-state index contributed by atoms with van der Waals surface area (Å²) in [5.41, 5.74) is 2.81. The van der Waals surface area contributed by atoms with E-state index < -0.39 is 0 Å². The lowest BCUT2D eigenvalue weighted by atomic mass is 9.85. The zero-order chi connectivity index (χ0) is 15.5. The monoisotopic (exact) mass is 278 g/mol. The van der Waals surface area contributed by atoms with E-state index in [1.165, 1.54) is 0 Å². The summed E-state index contributed by atoms with van der Waals surface area (Å²) in [6, 6.07) is 14.7. The molecule has 21 heavy (non-hydrogen) atoms. The molecule has 0 fully saturated rings. The minimum absolute atomic E-state index is 0.123. The first kappa shape index (κ1) is 14.8. The quantitative estimate of drug-likeness (QED) is 0.832. The Labute approximate surface area is 125 Å². The van der Waals surface area contributed by atoms with Gasteiger partial charge in [-0.1, -0.05) is 32.9 Å². The summed E-state index contributed by atoms with van der Waals surface area (Å²) < 4.78 is 0. The molecule has 0 atom stereocenters. The van der Waals surface area contributed by atoms with Crippen molar-refractivity contribution in [2.45, 2.75) is 26.2 Å². The standard InChI is InChI=1S/C18H18N2O/c1-18(2,3)16-6-4-5-14(17(16)21)12-20-15-9-7-13(11-19)8-10-15/h4-10,12,21H,1-3H3. The number of nitrogens with zero attached hydrogens (tertiary/aromatic N) is 2. The molecular weight excluding hydrogens is 260 g/mol. The highest BCUT2D eigenvalue weighted by Gasteiger charge is 2.18. The van der Waals surface area contributed by atoms with Crippen LogP contribution in [0.25, 0.3) is 0 Å². The van der Waals surface area contributed by atoms with Gasteiger partial charge in [-0.2, -0.15) is 5.26 Å². The number of nitriles is 1. The van der Waals surface area contributed by atoms with Gasteiger partial charge in [-0.05, 0) is 41.3 Å². The minimum atomic E-state index is -0.123. The van der Waals surface area contributed by atoms with Gasteiger partial charge in [0.1, 0.15) is 5.75 Å². The lowest BCUT2D eigenvalue weighted by Gasteiger charge is -2.21. The Balaban J connectivity index is 2.31. The Morgan fingerprint density at radius 1 is 1.10 bits per heavy atom. The third-order valence-electron chi connectivity index (χ3n) is 3.22. The lowest BCUT2D eigenvalue weighted by molar-refractivity contribution is 0.446. The fourth-order valence-corrected chi connectivity index (χ4v) is 2.04. The summed E-state index contributed by atoms with van der Waals surface area (Å²) in [5, 5.41) is 19.1. The average Bonchev–Trinajstić information content (AvgIpc) is 2.45. The van der Waals surface area contributed by atoms with Crippen LogP contribution in [-0.4, -0.2) is 11.3 Å². The molecule has 106 valence electrons. The molecule has 2 aromatic carbocycles. The molecule has 0 heterocycles. The summed E-state index contributed by atoms with van der Waals surface area (Å²) >= 11 is 0. The van der Waals surface area contributed by atoms with E-state index in [2.05, 4.69) is 31.8 Å². The minimum Gasteiger partial charge on any atom is -0.507 e. The summed E-state index contributed by atoms with van der Waals surface area (Å²) in [5.74, 6) is 0.266. The normalized spacial score (nSPS) is 11.5. The van der Waals surface area contributed by atoms with Crippen molar-refractivity contribution in [1.29, 1.82) is 5.26 Å². The maximum Gasteiger partial charge on any atom is 0.128 e. The molecule has 0 aliphatic carbocycles. The highest BCUT2D eigenvalue weighted by Crippen LogP contribution is 2.32. The highest BCUT2D eigenvalue weighted by atomic mass is 16.3. The van der Waals surface area contributed by atoms with Crippen molar-refractivity contribution < 1.29 is 5.11 Å². The second kappa shape index (κ2) is 5.80. The maximum atomic E-state index is 10.4. The third-order valence-corrected chi connectivity index (χ3v) is 3.22. The molecule has 0 unspecified atom stereocenters. The van der Waals surface area contributed by atoms with Crippen molar-refractivity contribution in [2.75, 3.05) is 0 Å². The number of hydrogen-bond donors (Lipinski definition) is 1. The van der Waals surface area contributed by atoms with E-state index in [9.17, 15) is 5.11 Å². The van der Waals surface area contributed by atoms with Crippen LogP contribution in [0.15, 0.2) is 47.5 Å². The molecule has 0 aromatic heterocycles. The molecule has 1 N–H and O–H groups in total. The zero-order valence-corrected chi connectivity index (χ0v) is 12.5. The molecule has 0 bridgehead atoms. The second-order valence-corrected chi connectivity index (χ2v) is 5.91. The Bertz CT molecular complexity index is 701. The number of rotatable bonds is 2. The van der Waals surface area contributed by atoms with Gasteiger partial charge >= 0.3 is 0 Å². The van der Waals surface area contributed by atoms with Crippen molar-refractivity contribution in [3.8, 4) is 11.8 Å². The number of aliphatic imine (C=N–C) groups is 1. The zero-order valence-electron chi connectivity index (χ0n) is 12.5. The van der Waals surface area contributed by atoms with Gasteiger partial charge in [0.2, 0.25) is 0 Å². The molecule has 0 aliphatic rings. The largest absolute Gasteiger partial charge is 0.507 e. The molecule has 2 rings (SSSR count). The Kier molecular flexibility index (Phi) is 4.09. The Morgan fingerprint density at radius 2 is 1.76 bits per heavy atom. The molecule has 2 aromatic rings. The molecule has 0 spiro atoms. The van der Waals surface area contributed by atoms with Crippen LogP contribution in [0.1, 0.15) is 37.5 Å². The lowest BCUT2D eigenvalue weighted by Crippen LogP contribution is -2.11. The summed E-state index contributed by atoms with van der Waals surface area (Å²) in [6.07, 6.45) is 1.64. The van der Waals surface area contributed by atoms with Crippen LogP contribution in [0, 0.1) is 11.3 Å². The summed E-state index contributed by atoms with van der Waals surface area (Å²) in [4.78, 5) is 4.34. The first-order chi connectivity index (χ1) is 9.91. The molecular formula is C18H18N2O. The fourth-order valence-electron chi connectivity index (χ4n) is 2.04. The van der Waals surface area contributed by atoms with Gasteiger partial charge in [0, 0.05) is 11.8 Å². The van der Waals surface area contributed by atoms with E-state index in [1.54, 1.807) is 30.5 Å². The van der Waals surface area contributed by atoms with Crippen LogP contribution < -0.4 is 0 Å². The third kappa shape index (κ3) is 3.49. The van der Waals surface area contributed by atoms with Crippen LogP contribution in [0.5, 0.6) is 5.75 Å². The van der Waals surface area contributed by atoms with Crippen molar-refractivity contribution in [2.24, 2.45) is 4.99 Å². The predicted octanol–water partition coefficient (Wildman–Crippen LogP) is 4.31. The first-order valence-electron chi connectivity index (χ1n) is 6.78. The van der Waals surface area contributed by atoms with Gasteiger partial charge in [-0.15, -0.1) is 0 Å². The van der Waals surface area contributed by atoms with E-state index in [0.717, 1.165) is 11.3 Å². The predicted molar refractivity (Wildman–Crippen MR) is 85.2 cm³/mol. The molecule has 0 saturated heterocycles. The van der Waals surface area contributed by atoms with Gasteiger partial charge < -0.3 is 5.11 Å². The number of para-hydroxylation sites is 1. The van der Waals surface area contributed by atoms with Gasteiger partial charge in [-0.3, -0.25) is 4.99 Å². The smallest absolute Gasteiger partial charge is 0.128 e. The molecule has 3 heteroatoms. The Morgan fingerprint density at radius 3 is 2.33 bits per heavy atom. The highest BCUT2D eigenvalue weighted by molar-refractivity contribution is 5.86. The molecule has 0 saturated carbocycles. The second-order valence-electron chi connectivity index (χ2n) is 5.91. The van der Waals surface area contributed by atoms with E-state index in [-0.39, 0.29) is 11.2 Å². The van der Waals surface area contributed by atoms with Crippen LogP contribution >= 0.6 is 0 Å². The molecule has 0 radical (unpaired) electrons. The SMILES string of the molecule is CC(C)(C)c1cccc(C=Nc2ccc(C#N)cc2)c1O. The van der Waals surface area contributed by atoms with Crippen LogP contribution in [0.3, 0.4) is 0 Å².